The quantitative estimate of drug-likeness (QED) is 0.830. The van der Waals surface area contributed by atoms with E-state index in [1.807, 2.05) is 19.2 Å². The molecular formula is C13H21N3. The average molecular weight is 219 g/mol. The molecule has 1 aliphatic rings. The Morgan fingerprint density at radius 1 is 1.50 bits per heavy atom. The number of nitrogens with zero attached hydrogens (tertiary/aromatic N) is 2. The molecule has 0 spiro atoms. The van der Waals surface area contributed by atoms with Gasteiger partial charge in [0.15, 0.2) is 0 Å². The summed E-state index contributed by atoms with van der Waals surface area (Å²) in [6, 6.07) is 4.19. The molecule has 16 heavy (non-hydrogen) atoms. The van der Waals surface area contributed by atoms with E-state index in [9.17, 15) is 0 Å². The fourth-order valence-electron chi connectivity index (χ4n) is 2.20. The van der Waals surface area contributed by atoms with Gasteiger partial charge in [-0.15, -0.1) is 0 Å². The van der Waals surface area contributed by atoms with Gasteiger partial charge in [0.05, 0.1) is 0 Å². The maximum absolute atomic E-state index is 5.89. The Hall–Kier alpha value is -1.09. The zero-order valence-corrected chi connectivity index (χ0v) is 10.4. The van der Waals surface area contributed by atoms with Gasteiger partial charge in [0.2, 0.25) is 0 Å². The van der Waals surface area contributed by atoms with Crippen LogP contribution in [0.15, 0.2) is 18.3 Å². The van der Waals surface area contributed by atoms with Gasteiger partial charge in [0.25, 0.3) is 0 Å². The van der Waals surface area contributed by atoms with Gasteiger partial charge in [0, 0.05) is 25.3 Å². The van der Waals surface area contributed by atoms with Crippen LogP contribution in [-0.2, 0) is 0 Å². The molecule has 3 heteroatoms. The highest BCUT2D eigenvalue weighted by Crippen LogP contribution is 2.31. The van der Waals surface area contributed by atoms with Gasteiger partial charge in [-0.25, -0.2) is 4.98 Å². The molecule has 0 saturated carbocycles. The normalized spacial score (nSPS) is 21.1. The first-order chi connectivity index (χ1) is 7.48. The summed E-state index contributed by atoms with van der Waals surface area (Å²) in [5, 5.41) is 0. The Balaban J connectivity index is 2.19. The molecule has 88 valence electrons. The van der Waals surface area contributed by atoms with E-state index in [1.165, 1.54) is 6.42 Å². The first kappa shape index (κ1) is 11.4. The van der Waals surface area contributed by atoms with E-state index in [0.717, 1.165) is 24.5 Å². The van der Waals surface area contributed by atoms with Gasteiger partial charge >= 0.3 is 0 Å². The second kappa shape index (κ2) is 4.06. The molecule has 3 nitrogen and oxygen atoms in total. The first-order valence-electron chi connectivity index (χ1n) is 5.94. The lowest BCUT2D eigenvalue weighted by atomic mass is 9.93. The fourth-order valence-corrected chi connectivity index (χ4v) is 2.20. The van der Waals surface area contributed by atoms with Crippen molar-refractivity contribution in [1.82, 2.24) is 4.98 Å². The minimum atomic E-state index is 0.0809. The lowest BCUT2D eigenvalue weighted by molar-refractivity contribution is 0.418. The van der Waals surface area contributed by atoms with Crippen LogP contribution in [0.2, 0.25) is 0 Å². The third-order valence-electron chi connectivity index (χ3n) is 3.30. The number of hydrogen-bond acceptors (Lipinski definition) is 3. The molecule has 1 aromatic heterocycles. The SMILES string of the molecule is C[C@@H](N)c1ccnc(N2CCC(C)(C)C2)c1. The molecule has 2 rings (SSSR count). The van der Waals surface area contributed by atoms with Crippen LogP contribution in [0.5, 0.6) is 0 Å². The van der Waals surface area contributed by atoms with Gasteiger partial charge in [0.1, 0.15) is 5.82 Å². The molecular weight excluding hydrogens is 198 g/mol. The summed E-state index contributed by atoms with van der Waals surface area (Å²) in [6.07, 6.45) is 3.09. The standard InChI is InChI=1S/C13H21N3/c1-10(14)11-4-6-15-12(8-11)16-7-5-13(2,3)9-16/h4,6,8,10H,5,7,9,14H2,1-3H3/t10-/m1/s1. The molecule has 0 amide bonds. The van der Waals surface area contributed by atoms with Crippen LogP contribution in [0.3, 0.4) is 0 Å². The molecule has 0 aromatic carbocycles. The number of rotatable bonds is 2. The van der Waals surface area contributed by atoms with Crippen molar-refractivity contribution < 1.29 is 0 Å². The monoisotopic (exact) mass is 219 g/mol. The molecule has 0 unspecified atom stereocenters. The van der Waals surface area contributed by atoms with Crippen molar-refractivity contribution in [3.63, 3.8) is 0 Å². The summed E-state index contributed by atoms with van der Waals surface area (Å²) >= 11 is 0. The van der Waals surface area contributed by atoms with Crippen LogP contribution in [0.25, 0.3) is 0 Å². The van der Waals surface area contributed by atoms with E-state index in [2.05, 4.69) is 29.8 Å². The summed E-state index contributed by atoms with van der Waals surface area (Å²) in [5.41, 5.74) is 7.46. The maximum Gasteiger partial charge on any atom is 0.128 e. The largest absolute Gasteiger partial charge is 0.356 e. The van der Waals surface area contributed by atoms with E-state index < -0.39 is 0 Å². The highest BCUT2D eigenvalue weighted by Gasteiger charge is 2.29. The molecule has 0 radical (unpaired) electrons. The van der Waals surface area contributed by atoms with Crippen molar-refractivity contribution in [2.75, 3.05) is 18.0 Å². The Kier molecular flexibility index (Phi) is 2.89. The predicted molar refractivity (Wildman–Crippen MR) is 67.5 cm³/mol. The number of anilines is 1. The summed E-state index contributed by atoms with van der Waals surface area (Å²) in [7, 11) is 0. The number of aromatic nitrogens is 1. The molecule has 1 aliphatic heterocycles. The zero-order valence-electron chi connectivity index (χ0n) is 10.4. The summed E-state index contributed by atoms with van der Waals surface area (Å²) < 4.78 is 0. The van der Waals surface area contributed by atoms with Crippen molar-refractivity contribution in [2.45, 2.75) is 33.2 Å². The Morgan fingerprint density at radius 3 is 2.81 bits per heavy atom. The lowest BCUT2D eigenvalue weighted by Crippen LogP contribution is -2.23. The lowest BCUT2D eigenvalue weighted by Gasteiger charge is -2.21. The summed E-state index contributed by atoms with van der Waals surface area (Å²) in [4.78, 5) is 6.79. The Labute approximate surface area is 97.7 Å². The second-order valence-electron chi connectivity index (χ2n) is 5.57. The van der Waals surface area contributed by atoms with Crippen molar-refractivity contribution in [3.8, 4) is 0 Å². The maximum atomic E-state index is 5.89. The van der Waals surface area contributed by atoms with Crippen molar-refractivity contribution in [2.24, 2.45) is 11.1 Å². The van der Waals surface area contributed by atoms with Crippen molar-refractivity contribution >= 4 is 5.82 Å². The molecule has 0 aliphatic carbocycles. The third-order valence-corrected chi connectivity index (χ3v) is 3.30. The average Bonchev–Trinajstić information content (AvgIpc) is 2.59. The highest BCUT2D eigenvalue weighted by atomic mass is 15.2. The highest BCUT2D eigenvalue weighted by molar-refractivity contribution is 5.43. The van der Waals surface area contributed by atoms with Gasteiger partial charge in [-0.3, -0.25) is 0 Å². The van der Waals surface area contributed by atoms with E-state index in [0.29, 0.717) is 5.41 Å². The number of pyridine rings is 1. The number of hydrogen-bond donors (Lipinski definition) is 1. The summed E-state index contributed by atoms with van der Waals surface area (Å²) in [5.74, 6) is 1.07. The molecule has 2 N–H and O–H groups in total. The third kappa shape index (κ3) is 2.35. The van der Waals surface area contributed by atoms with Gasteiger partial charge in [-0.05, 0) is 36.5 Å². The minimum Gasteiger partial charge on any atom is -0.356 e. The molecule has 1 saturated heterocycles. The van der Waals surface area contributed by atoms with Crippen LogP contribution in [-0.4, -0.2) is 18.1 Å². The van der Waals surface area contributed by atoms with Crippen LogP contribution in [0, 0.1) is 5.41 Å². The van der Waals surface area contributed by atoms with Crippen LogP contribution >= 0.6 is 0 Å². The predicted octanol–water partition coefficient (Wildman–Crippen LogP) is 2.34. The van der Waals surface area contributed by atoms with E-state index in [1.54, 1.807) is 0 Å². The molecule has 1 atom stereocenters. The molecule has 2 heterocycles. The topological polar surface area (TPSA) is 42.1 Å². The van der Waals surface area contributed by atoms with E-state index in [-0.39, 0.29) is 6.04 Å². The smallest absolute Gasteiger partial charge is 0.128 e. The Morgan fingerprint density at radius 2 is 2.25 bits per heavy atom. The van der Waals surface area contributed by atoms with Crippen LogP contribution in [0.4, 0.5) is 5.82 Å². The van der Waals surface area contributed by atoms with Gasteiger partial charge < -0.3 is 10.6 Å². The molecule has 1 aromatic rings. The van der Waals surface area contributed by atoms with E-state index in [4.69, 9.17) is 5.73 Å². The van der Waals surface area contributed by atoms with E-state index >= 15 is 0 Å². The first-order valence-corrected chi connectivity index (χ1v) is 5.94. The van der Waals surface area contributed by atoms with Gasteiger partial charge in [-0.2, -0.15) is 0 Å². The van der Waals surface area contributed by atoms with Crippen LogP contribution in [0.1, 0.15) is 38.8 Å². The second-order valence-corrected chi connectivity index (χ2v) is 5.57. The Bertz CT molecular complexity index is 371. The van der Waals surface area contributed by atoms with Crippen molar-refractivity contribution in [1.29, 1.82) is 0 Å². The minimum absolute atomic E-state index is 0.0809. The summed E-state index contributed by atoms with van der Waals surface area (Å²) in [6.45, 7) is 8.81. The number of nitrogens with two attached hydrogens (primary N) is 1. The van der Waals surface area contributed by atoms with Gasteiger partial charge in [-0.1, -0.05) is 13.8 Å². The molecule has 0 bridgehead atoms. The zero-order chi connectivity index (χ0) is 11.8. The molecule has 1 fully saturated rings. The van der Waals surface area contributed by atoms with Crippen LogP contribution < -0.4 is 10.6 Å². The van der Waals surface area contributed by atoms with Crippen molar-refractivity contribution in [3.05, 3.63) is 23.9 Å². The fraction of sp³-hybridized carbons (Fsp3) is 0.615.